The van der Waals surface area contributed by atoms with Crippen molar-refractivity contribution in [2.24, 2.45) is 17.3 Å². The fourth-order valence-electron chi connectivity index (χ4n) is 6.13. The number of aliphatic hydroxyl groups excluding tert-OH is 2. The SMILES string of the molecule is C/C(=C\c1csc(C)n1)[C@@H]1C[C@H]2[C@@H](CCC[C@H](C)C(O)[C@@H](C)C(=O)C(C)(C)[C@@H](O)CC(=O)O1)N2C(=O)c1ccccc1. The van der Waals surface area contributed by atoms with Crippen LogP contribution < -0.4 is 0 Å². The van der Waals surface area contributed by atoms with Crippen molar-refractivity contribution >= 4 is 35.1 Å². The van der Waals surface area contributed by atoms with Gasteiger partial charge in [0.2, 0.25) is 0 Å². The van der Waals surface area contributed by atoms with E-state index in [1.807, 2.05) is 55.3 Å². The monoisotopic (exact) mass is 596 g/mol. The highest BCUT2D eigenvalue weighted by atomic mass is 32.1. The molecule has 0 bridgehead atoms. The van der Waals surface area contributed by atoms with Gasteiger partial charge in [-0.15, -0.1) is 11.3 Å². The van der Waals surface area contributed by atoms with E-state index in [4.69, 9.17) is 4.74 Å². The molecular weight excluding hydrogens is 552 g/mol. The molecule has 1 amide bonds. The summed E-state index contributed by atoms with van der Waals surface area (Å²) in [6, 6.07) is 9.00. The maximum atomic E-state index is 13.5. The molecule has 7 atom stereocenters. The van der Waals surface area contributed by atoms with Gasteiger partial charge in [0.25, 0.3) is 5.91 Å². The summed E-state index contributed by atoms with van der Waals surface area (Å²) in [6.45, 7) is 10.6. The van der Waals surface area contributed by atoms with Crippen LogP contribution in [0.4, 0.5) is 0 Å². The van der Waals surface area contributed by atoms with Crippen molar-refractivity contribution in [2.75, 3.05) is 0 Å². The number of hydrogen-bond donors (Lipinski definition) is 2. The molecule has 2 aromatic rings. The Morgan fingerprint density at radius 1 is 1.12 bits per heavy atom. The summed E-state index contributed by atoms with van der Waals surface area (Å²) in [5.74, 6) is -1.83. The van der Waals surface area contributed by atoms with E-state index in [9.17, 15) is 24.6 Å². The van der Waals surface area contributed by atoms with Crippen LogP contribution in [-0.4, -0.2) is 68.2 Å². The van der Waals surface area contributed by atoms with Gasteiger partial charge in [0.15, 0.2) is 0 Å². The molecule has 4 rings (SSSR count). The van der Waals surface area contributed by atoms with E-state index in [1.165, 1.54) is 11.3 Å². The van der Waals surface area contributed by atoms with Crippen molar-refractivity contribution < 1.29 is 29.3 Å². The molecule has 0 aliphatic carbocycles. The maximum absolute atomic E-state index is 13.5. The lowest BCUT2D eigenvalue weighted by Gasteiger charge is -2.34. The Kier molecular flexibility index (Phi) is 10.1. The predicted octanol–water partition coefficient (Wildman–Crippen LogP) is 5.21. The number of thiazole rings is 1. The minimum Gasteiger partial charge on any atom is -0.458 e. The van der Waals surface area contributed by atoms with E-state index in [2.05, 4.69) is 4.98 Å². The van der Waals surface area contributed by atoms with Gasteiger partial charge in [-0.1, -0.05) is 52.3 Å². The lowest BCUT2D eigenvalue weighted by atomic mass is 9.73. The normalized spacial score (nSPS) is 31.3. The van der Waals surface area contributed by atoms with Gasteiger partial charge in [0, 0.05) is 23.3 Å². The van der Waals surface area contributed by atoms with Crippen molar-refractivity contribution in [2.45, 2.75) is 104 Å². The van der Waals surface area contributed by atoms with Crippen LogP contribution in [0.1, 0.15) is 87.8 Å². The summed E-state index contributed by atoms with van der Waals surface area (Å²) < 4.78 is 6.00. The van der Waals surface area contributed by atoms with Gasteiger partial charge in [-0.2, -0.15) is 0 Å². The molecule has 8 nitrogen and oxygen atoms in total. The number of nitrogens with zero attached hydrogens (tertiary/aromatic N) is 2. The Labute approximate surface area is 252 Å². The van der Waals surface area contributed by atoms with Crippen LogP contribution in [0.3, 0.4) is 0 Å². The smallest absolute Gasteiger partial charge is 0.309 e. The molecule has 0 radical (unpaired) electrons. The molecule has 2 aliphatic heterocycles. The highest BCUT2D eigenvalue weighted by Crippen LogP contribution is 2.40. The highest BCUT2D eigenvalue weighted by Gasteiger charge is 2.52. The molecule has 3 heterocycles. The first-order valence-electron chi connectivity index (χ1n) is 14.9. The summed E-state index contributed by atoms with van der Waals surface area (Å²) in [4.78, 5) is 46.6. The average Bonchev–Trinajstić information content (AvgIpc) is 3.47. The molecule has 2 N–H and O–H groups in total. The number of aliphatic hydroxyl groups is 2. The van der Waals surface area contributed by atoms with Crippen LogP contribution in [0.5, 0.6) is 0 Å². The average molecular weight is 597 g/mol. The van der Waals surface area contributed by atoms with E-state index in [1.54, 1.807) is 32.9 Å². The molecule has 1 aromatic carbocycles. The number of carbonyl (C=O) groups is 3. The number of amides is 1. The van der Waals surface area contributed by atoms with Crippen LogP contribution in [-0.2, 0) is 14.3 Å². The summed E-state index contributed by atoms with van der Waals surface area (Å²) in [5.41, 5.74) is 0.921. The minimum absolute atomic E-state index is 0.0333. The fourth-order valence-corrected chi connectivity index (χ4v) is 6.70. The van der Waals surface area contributed by atoms with Crippen LogP contribution in [0.25, 0.3) is 6.08 Å². The van der Waals surface area contributed by atoms with E-state index in [-0.39, 0.29) is 36.1 Å². The van der Waals surface area contributed by atoms with Gasteiger partial charge >= 0.3 is 5.97 Å². The molecule has 1 unspecified atom stereocenters. The van der Waals surface area contributed by atoms with E-state index < -0.39 is 35.6 Å². The number of carbonyl (C=O) groups excluding carboxylic acids is 3. The van der Waals surface area contributed by atoms with Crippen LogP contribution in [0.2, 0.25) is 0 Å². The number of Topliss-reactive ketones (excluding diaryl/α,β-unsaturated/α-hetero) is 1. The number of aryl methyl sites for hydroxylation is 1. The maximum Gasteiger partial charge on any atom is 0.309 e. The summed E-state index contributed by atoms with van der Waals surface area (Å²) in [6.07, 6.45) is 1.33. The second kappa shape index (κ2) is 13.2. The standard InChI is InChI=1S/C33H44N2O6S/c1-19-11-10-14-25-26(35(25)32(40)23-12-8-7-9-13-23)16-27(20(2)15-24-18-42-22(4)34-24)41-29(37)17-28(36)33(5,6)31(39)21(3)30(19)38/h7-9,12-13,15,18-19,21,25-28,30,36,38H,10-11,14,16-17H2,1-6H3/b20-15+/t19-,21+,25+,26-,27-,28-,30?,35?/m0/s1. The van der Waals surface area contributed by atoms with Crippen molar-refractivity contribution in [3.05, 3.63) is 57.6 Å². The van der Waals surface area contributed by atoms with Crippen molar-refractivity contribution in [3.63, 3.8) is 0 Å². The number of benzene rings is 1. The number of esters is 1. The van der Waals surface area contributed by atoms with Gasteiger partial charge in [-0.05, 0) is 56.4 Å². The Morgan fingerprint density at radius 3 is 2.45 bits per heavy atom. The topological polar surface area (TPSA) is 117 Å². The molecule has 42 heavy (non-hydrogen) atoms. The first-order valence-corrected chi connectivity index (χ1v) is 15.8. The highest BCUT2D eigenvalue weighted by molar-refractivity contribution is 7.09. The Hall–Kier alpha value is -2.88. The number of ketones is 1. The second-order valence-electron chi connectivity index (χ2n) is 12.6. The predicted molar refractivity (Wildman–Crippen MR) is 163 cm³/mol. The summed E-state index contributed by atoms with van der Waals surface area (Å²) in [5, 5.41) is 24.9. The summed E-state index contributed by atoms with van der Waals surface area (Å²) >= 11 is 1.53. The molecule has 0 spiro atoms. The van der Waals surface area contributed by atoms with Gasteiger partial charge < -0.3 is 19.8 Å². The van der Waals surface area contributed by atoms with Crippen LogP contribution >= 0.6 is 11.3 Å². The van der Waals surface area contributed by atoms with Gasteiger partial charge in [-0.25, -0.2) is 4.98 Å². The van der Waals surface area contributed by atoms with Crippen molar-refractivity contribution in [3.8, 4) is 0 Å². The Balaban J connectivity index is 1.65. The van der Waals surface area contributed by atoms with Crippen molar-refractivity contribution in [1.29, 1.82) is 0 Å². The number of cyclic esters (lactones) is 1. The molecule has 2 aliphatic rings. The first kappa shape index (κ1) is 32.0. The second-order valence-corrected chi connectivity index (χ2v) is 13.7. The molecule has 2 fully saturated rings. The first-order chi connectivity index (χ1) is 19.8. The number of ether oxygens (including phenoxy) is 1. The third-order valence-corrected chi connectivity index (χ3v) is 9.86. The number of hydrogen-bond acceptors (Lipinski definition) is 8. The zero-order valence-electron chi connectivity index (χ0n) is 25.4. The molecule has 1 aromatic heterocycles. The fraction of sp³-hybridized carbons (Fsp3) is 0.576. The molecule has 2 saturated heterocycles. The largest absolute Gasteiger partial charge is 0.458 e. The number of aromatic nitrogens is 1. The van der Waals surface area contributed by atoms with Crippen LogP contribution in [0, 0.1) is 24.2 Å². The molecular formula is C33H44N2O6S. The minimum atomic E-state index is -1.29. The third kappa shape index (κ3) is 7.18. The lowest BCUT2D eigenvalue weighted by Crippen LogP contribution is -2.45. The van der Waals surface area contributed by atoms with Crippen molar-refractivity contribution in [1.82, 2.24) is 9.88 Å². The summed E-state index contributed by atoms with van der Waals surface area (Å²) in [7, 11) is 0. The lowest BCUT2D eigenvalue weighted by molar-refractivity contribution is -0.154. The third-order valence-electron chi connectivity index (χ3n) is 9.07. The molecule has 228 valence electrons. The van der Waals surface area contributed by atoms with Gasteiger partial charge in [0.1, 0.15) is 11.9 Å². The van der Waals surface area contributed by atoms with Gasteiger partial charge in [-0.3, -0.25) is 14.4 Å². The Bertz CT molecular complexity index is 1300. The molecule has 0 saturated carbocycles. The van der Waals surface area contributed by atoms with E-state index in [0.717, 1.165) is 29.1 Å². The zero-order chi connectivity index (χ0) is 30.8. The zero-order valence-corrected chi connectivity index (χ0v) is 26.3. The number of rotatable bonds is 3. The van der Waals surface area contributed by atoms with E-state index in [0.29, 0.717) is 18.4 Å². The van der Waals surface area contributed by atoms with Gasteiger partial charge in [0.05, 0.1) is 46.8 Å². The van der Waals surface area contributed by atoms with Crippen LogP contribution in [0.15, 0.2) is 41.3 Å². The quantitative estimate of drug-likeness (QED) is 0.369. The number of fused-ring (bicyclic) bond motifs is 1. The molecule has 9 heteroatoms. The Morgan fingerprint density at radius 2 is 1.81 bits per heavy atom. The van der Waals surface area contributed by atoms with E-state index >= 15 is 0 Å².